The summed E-state index contributed by atoms with van der Waals surface area (Å²) in [4.78, 5) is 29.4. The van der Waals surface area contributed by atoms with Crippen LogP contribution in [0, 0.1) is 25.5 Å². The third kappa shape index (κ3) is 11.1. The number of aromatic nitrogens is 4. The molecule has 23 heteroatoms. The molecule has 2 aromatic carbocycles. The molecule has 51 heavy (non-hydrogen) atoms. The Morgan fingerprint density at radius 1 is 0.647 bits per heavy atom. The Kier molecular flexibility index (Phi) is 12.2. The van der Waals surface area contributed by atoms with Crippen molar-refractivity contribution >= 4 is 22.6 Å². The SMILES string of the molecule is Cc1cc(F)c(-n2cnc(C(F)(F)F)cc2=O)cc1S(=O)CC(F)(F)F.Cc1cc(F)c(-n2cnc(C(F)(F)F)cc2=O)cc1SCC(F)(F)F. The molecular weight excluding hydrogens is 770 g/mol. The van der Waals surface area contributed by atoms with Gasteiger partial charge in [-0.05, 0) is 49.2 Å². The number of hydrogen-bond donors (Lipinski definition) is 0. The Hall–Kier alpha value is -4.28. The smallest absolute Gasteiger partial charge is 0.269 e. The van der Waals surface area contributed by atoms with Crippen LogP contribution in [0.5, 0.6) is 0 Å². The molecule has 0 fully saturated rings. The van der Waals surface area contributed by atoms with Crippen LogP contribution in [0.25, 0.3) is 11.4 Å². The Morgan fingerprint density at radius 3 is 1.47 bits per heavy atom. The fourth-order valence-corrected chi connectivity index (χ4v) is 5.83. The Labute approximate surface area is 282 Å². The van der Waals surface area contributed by atoms with Gasteiger partial charge in [0, 0.05) is 21.9 Å². The number of rotatable bonds is 6. The van der Waals surface area contributed by atoms with Gasteiger partial charge in [-0.2, -0.15) is 52.7 Å². The van der Waals surface area contributed by atoms with Crippen molar-refractivity contribution in [2.45, 2.75) is 48.3 Å². The van der Waals surface area contributed by atoms with E-state index in [2.05, 4.69) is 9.97 Å². The lowest BCUT2D eigenvalue weighted by molar-refractivity contribution is -0.142. The standard InChI is InChI=1S/C14H9F7N2O2S.C14H9F7N2OS/c1-7-2-8(15)9(3-10(7)26(25)5-13(16,17)18)23-6-22-11(4-12(23)24)14(19,20)21;1-7-2-8(15)9(3-10(7)25-5-13(16,17)18)23-6-22-11(4-12(23)24)14(19,20)21/h2-4,6H,5H2,1H3;2-4,6H,5H2,1H3. The highest BCUT2D eigenvalue weighted by molar-refractivity contribution is 7.99. The van der Waals surface area contributed by atoms with E-state index in [9.17, 15) is 75.3 Å². The van der Waals surface area contributed by atoms with Crippen LogP contribution in [0.1, 0.15) is 22.5 Å². The van der Waals surface area contributed by atoms with Gasteiger partial charge in [0.1, 0.15) is 30.0 Å². The number of nitrogens with zero attached hydrogens (tertiary/aromatic N) is 4. The summed E-state index contributed by atoms with van der Waals surface area (Å²) in [6.45, 7) is 2.59. The van der Waals surface area contributed by atoms with Gasteiger partial charge in [-0.25, -0.2) is 18.7 Å². The van der Waals surface area contributed by atoms with Gasteiger partial charge in [0.25, 0.3) is 11.1 Å². The normalized spacial score (nSPS) is 13.1. The van der Waals surface area contributed by atoms with Gasteiger partial charge in [-0.3, -0.25) is 22.9 Å². The molecular formula is C28H18F14N4O3S2. The summed E-state index contributed by atoms with van der Waals surface area (Å²) in [5.41, 5.74) is -6.49. The Bertz CT molecular complexity index is 2050. The van der Waals surface area contributed by atoms with Crippen LogP contribution in [-0.2, 0) is 23.2 Å². The fourth-order valence-electron chi connectivity index (χ4n) is 3.91. The minimum absolute atomic E-state index is 0.0422. The highest BCUT2D eigenvalue weighted by Crippen LogP contribution is 2.33. The van der Waals surface area contributed by atoms with Gasteiger partial charge in [-0.1, -0.05) is 0 Å². The van der Waals surface area contributed by atoms with E-state index in [0.717, 1.165) is 24.3 Å². The maximum Gasteiger partial charge on any atom is 0.433 e. The second kappa shape index (κ2) is 15.1. The number of hydrogen-bond acceptors (Lipinski definition) is 6. The highest BCUT2D eigenvalue weighted by atomic mass is 32.2. The molecule has 0 saturated heterocycles. The zero-order valence-corrected chi connectivity index (χ0v) is 26.8. The average molecular weight is 789 g/mol. The minimum atomic E-state index is -4.90. The fraction of sp³-hybridized carbons (Fsp3) is 0.286. The van der Waals surface area contributed by atoms with E-state index in [4.69, 9.17) is 0 Å². The van der Waals surface area contributed by atoms with E-state index in [1.165, 1.54) is 13.8 Å². The molecule has 0 aliphatic rings. The molecule has 0 aliphatic carbocycles. The van der Waals surface area contributed by atoms with Gasteiger partial charge < -0.3 is 0 Å². The number of thioether (sulfide) groups is 1. The molecule has 0 N–H and O–H groups in total. The van der Waals surface area contributed by atoms with Crippen molar-refractivity contribution in [2.24, 2.45) is 0 Å². The molecule has 278 valence electrons. The lowest BCUT2D eigenvalue weighted by atomic mass is 10.2. The van der Waals surface area contributed by atoms with E-state index in [-0.39, 0.29) is 28.2 Å². The van der Waals surface area contributed by atoms with Crippen molar-refractivity contribution in [3.63, 3.8) is 0 Å². The number of benzene rings is 2. The molecule has 4 aromatic rings. The molecule has 0 bridgehead atoms. The van der Waals surface area contributed by atoms with Crippen LogP contribution in [0.4, 0.5) is 61.5 Å². The van der Waals surface area contributed by atoms with Crippen LogP contribution in [0.15, 0.2) is 68.4 Å². The molecule has 0 saturated carbocycles. The topological polar surface area (TPSA) is 86.8 Å². The largest absolute Gasteiger partial charge is 0.433 e. The predicted octanol–water partition coefficient (Wildman–Crippen LogP) is 7.72. The Morgan fingerprint density at radius 2 is 1.08 bits per heavy atom. The first-order chi connectivity index (χ1) is 23.2. The molecule has 1 atom stereocenters. The first kappa shape index (κ1) is 41.1. The van der Waals surface area contributed by atoms with Crippen molar-refractivity contribution in [3.8, 4) is 11.4 Å². The van der Waals surface area contributed by atoms with Gasteiger partial charge >= 0.3 is 24.7 Å². The maximum absolute atomic E-state index is 14.1. The second-order valence-corrected chi connectivity index (χ2v) is 12.5. The van der Waals surface area contributed by atoms with Crippen molar-refractivity contribution in [2.75, 3.05) is 11.5 Å². The number of aryl methyl sites for hydroxylation is 2. The highest BCUT2D eigenvalue weighted by Gasteiger charge is 2.35. The van der Waals surface area contributed by atoms with Gasteiger partial charge in [0.2, 0.25) is 0 Å². The number of alkyl halides is 12. The predicted molar refractivity (Wildman–Crippen MR) is 153 cm³/mol. The summed E-state index contributed by atoms with van der Waals surface area (Å²) in [6, 6.07) is 3.63. The van der Waals surface area contributed by atoms with Crippen LogP contribution < -0.4 is 11.1 Å². The molecule has 0 amide bonds. The van der Waals surface area contributed by atoms with E-state index in [0.29, 0.717) is 33.6 Å². The van der Waals surface area contributed by atoms with Gasteiger partial charge in [0.05, 0.1) is 27.9 Å². The monoisotopic (exact) mass is 788 g/mol. The second-order valence-electron chi connectivity index (χ2n) is 10.1. The van der Waals surface area contributed by atoms with Crippen molar-refractivity contribution < 1.29 is 65.7 Å². The zero-order chi connectivity index (χ0) is 38.9. The summed E-state index contributed by atoms with van der Waals surface area (Å²) in [6.07, 6.45) is -18.1. The molecule has 0 spiro atoms. The summed E-state index contributed by atoms with van der Waals surface area (Å²) >= 11 is 0.377. The third-order valence-corrected chi connectivity index (χ3v) is 8.88. The van der Waals surface area contributed by atoms with Crippen LogP contribution >= 0.6 is 11.8 Å². The molecule has 4 rings (SSSR count). The third-order valence-electron chi connectivity index (χ3n) is 6.14. The summed E-state index contributed by atoms with van der Waals surface area (Å²) in [5.74, 6) is -5.01. The van der Waals surface area contributed by atoms with Crippen LogP contribution in [-0.4, -0.2) is 47.2 Å². The van der Waals surface area contributed by atoms with E-state index >= 15 is 0 Å². The minimum Gasteiger partial charge on any atom is -0.269 e. The lowest BCUT2D eigenvalue weighted by Crippen LogP contribution is -2.23. The molecule has 7 nitrogen and oxygen atoms in total. The summed E-state index contributed by atoms with van der Waals surface area (Å²) in [5, 5.41) is 0. The first-order valence-electron chi connectivity index (χ1n) is 13.3. The molecule has 2 aromatic heterocycles. The molecule has 2 heterocycles. The van der Waals surface area contributed by atoms with Crippen LogP contribution in [0.3, 0.4) is 0 Å². The summed E-state index contributed by atoms with van der Waals surface area (Å²) in [7, 11) is -2.59. The summed E-state index contributed by atoms with van der Waals surface area (Å²) < 4.78 is 190. The van der Waals surface area contributed by atoms with Crippen molar-refractivity contribution in [1.82, 2.24) is 19.1 Å². The number of halogens is 14. The lowest BCUT2D eigenvalue weighted by Gasteiger charge is -2.13. The van der Waals surface area contributed by atoms with E-state index in [1.54, 1.807) is 0 Å². The van der Waals surface area contributed by atoms with Gasteiger partial charge in [0.15, 0.2) is 11.4 Å². The Balaban J connectivity index is 0.000000276. The zero-order valence-electron chi connectivity index (χ0n) is 25.2. The molecule has 0 aliphatic heterocycles. The van der Waals surface area contributed by atoms with E-state index in [1.807, 2.05) is 0 Å². The van der Waals surface area contributed by atoms with E-state index < -0.39 is 97.4 Å². The molecule has 0 radical (unpaired) electrons. The maximum atomic E-state index is 14.1. The first-order valence-corrected chi connectivity index (χ1v) is 15.6. The van der Waals surface area contributed by atoms with Gasteiger partial charge in [-0.15, -0.1) is 11.8 Å². The van der Waals surface area contributed by atoms with Crippen LogP contribution in [0.2, 0.25) is 0 Å². The van der Waals surface area contributed by atoms with Crippen molar-refractivity contribution in [3.05, 3.63) is 104 Å². The van der Waals surface area contributed by atoms with Crippen molar-refractivity contribution in [1.29, 1.82) is 0 Å². The average Bonchev–Trinajstić information content (AvgIpc) is 2.95. The quantitative estimate of drug-likeness (QED) is 0.147. The molecule has 1 unspecified atom stereocenters.